The van der Waals surface area contributed by atoms with E-state index in [1.807, 2.05) is 12.3 Å². The summed E-state index contributed by atoms with van der Waals surface area (Å²) in [4.78, 5) is 5.01. The van der Waals surface area contributed by atoms with Gasteiger partial charge in [0.2, 0.25) is 0 Å². The lowest BCUT2D eigenvalue weighted by Crippen LogP contribution is -1.96. The van der Waals surface area contributed by atoms with Crippen molar-refractivity contribution >= 4 is 29.0 Å². The van der Waals surface area contributed by atoms with Crippen molar-refractivity contribution in [3.8, 4) is 6.07 Å². The van der Waals surface area contributed by atoms with Crippen LogP contribution < -0.4 is 0 Å². The van der Waals surface area contributed by atoms with Crippen molar-refractivity contribution in [3.05, 3.63) is 23.1 Å². The fourth-order valence-electron chi connectivity index (χ4n) is 1.14. The van der Waals surface area contributed by atoms with Crippen molar-refractivity contribution in [3.63, 3.8) is 0 Å². The Balaban J connectivity index is 2.85. The minimum Gasteiger partial charge on any atom is -0.233 e. The van der Waals surface area contributed by atoms with E-state index in [0.717, 1.165) is 4.90 Å². The van der Waals surface area contributed by atoms with E-state index in [1.54, 1.807) is 6.07 Å². The smallest absolute Gasteiger partial charge is 0.168 e. The van der Waals surface area contributed by atoms with Crippen LogP contribution in [0.15, 0.2) is 17.2 Å². The molecule has 0 bridgehead atoms. The zero-order valence-corrected chi connectivity index (χ0v) is 8.80. The van der Waals surface area contributed by atoms with Gasteiger partial charge in [0.05, 0.1) is 11.1 Å². The van der Waals surface area contributed by atoms with E-state index >= 15 is 0 Å². The third kappa shape index (κ3) is 1.33. The number of hydrogen-bond donors (Lipinski definition) is 0. The molecule has 70 valence electrons. The van der Waals surface area contributed by atoms with Crippen molar-refractivity contribution in [1.82, 2.24) is 14.6 Å². The molecule has 0 atom stereocenters. The SMILES string of the molecule is CSc1cc(Cl)nn2c(C#N)cnc12. The summed E-state index contributed by atoms with van der Waals surface area (Å²) in [5, 5.41) is 13.1. The molecule has 0 N–H and O–H groups in total. The minimum absolute atomic E-state index is 0.358. The van der Waals surface area contributed by atoms with Gasteiger partial charge in [-0.1, -0.05) is 11.6 Å². The molecular weight excluding hydrogens is 220 g/mol. The van der Waals surface area contributed by atoms with Gasteiger partial charge in [-0.2, -0.15) is 10.4 Å². The topological polar surface area (TPSA) is 54.0 Å². The number of halogens is 1. The van der Waals surface area contributed by atoms with Gasteiger partial charge in [-0.25, -0.2) is 9.50 Å². The maximum absolute atomic E-state index is 8.78. The monoisotopic (exact) mass is 224 g/mol. The quantitative estimate of drug-likeness (QED) is 0.695. The van der Waals surface area contributed by atoms with Gasteiger partial charge in [0.25, 0.3) is 0 Å². The molecule has 4 nitrogen and oxygen atoms in total. The van der Waals surface area contributed by atoms with E-state index in [-0.39, 0.29) is 0 Å². The average Bonchev–Trinajstić information content (AvgIpc) is 2.59. The van der Waals surface area contributed by atoms with Crippen molar-refractivity contribution in [2.45, 2.75) is 4.90 Å². The number of hydrogen-bond acceptors (Lipinski definition) is 4. The molecule has 0 aliphatic rings. The first-order chi connectivity index (χ1) is 6.76. The third-order valence-corrected chi connectivity index (χ3v) is 2.66. The lowest BCUT2D eigenvalue weighted by atomic mass is 10.5. The van der Waals surface area contributed by atoms with Crippen LogP contribution in [0.5, 0.6) is 0 Å². The normalized spacial score (nSPS) is 10.4. The van der Waals surface area contributed by atoms with Crippen molar-refractivity contribution in [1.29, 1.82) is 5.26 Å². The molecule has 6 heteroatoms. The number of nitriles is 1. The molecule has 2 aromatic rings. The van der Waals surface area contributed by atoms with Gasteiger partial charge in [-0.15, -0.1) is 11.8 Å². The Morgan fingerprint density at radius 3 is 3.07 bits per heavy atom. The van der Waals surface area contributed by atoms with Crippen molar-refractivity contribution in [2.75, 3.05) is 6.26 Å². The number of fused-ring (bicyclic) bond motifs is 1. The summed E-state index contributed by atoms with van der Waals surface area (Å²) in [6, 6.07) is 3.73. The number of imidazole rings is 1. The fourth-order valence-corrected chi connectivity index (χ4v) is 1.94. The Labute approximate surface area is 89.5 Å². The average molecular weight is 225 g/mol. The number of nitrogens with zero attached hydrogens (tertiary/aromatic N) is 4. The van der Waals surface area contributed by atoms with Crippen LogP contribution in [0.2, 0.25) is 5.15 Å². The maximum Gasteiger partial charge on any atom is 0.168 e. The zero-order chi connectivity index (χ0) is 10.1. The summed E-state index contributed by atoms with van der Waals surface area (Å²) in [6.07, 6.45) is 3.41. The predicted molar refractivity (Wildman–Crippen MR) is 54.5 cm³/mol. The van der Waals surface area contributed by atoms with Crippen LogP contribution in [0.4, 0.5) is 0 Å². The molecule has 0 radical (unpaired) electrons. The highest BCUT2D eigenvalue weighted by molar-refractivity contribution is 7.98. The summed E-state index contributed by atoms with van der Waals surface area (Å²) >= 11 is 7.33. The highest BCUT2D eigenvalue weighted by atomic mass is 35.5. The Hall–Kier alpha value is -1.25. The van der Waals surface area contributed by atoms with E-state index in [9.17, 15) is 0 Å². The van der Waals surface area contributed by atoms with E-state index in [4.69, 9.17) is 16.9 Å². The number of rotatable bonds is 1. The molecule has 0 aliphatic heterocycles. The van der Waals surface area contributed by atoms with Crippen LogP contribution in [0.3, 0.4) is 0 Å². The van der Waals surface area contributed by atoms with Gasteiger partial charge in [0.1, 0.15) is 6.07 Å². The Morgan fingerprint density at radius 2 is 2.43 bits per heavy atom. The summed E-state index contributed by atoms with van der Waals surface area (Å²) in [5.74, 6) is 0. The Kier molecular flexibility index (Phi) is 2.32. The second-order valence-electron chi connectivity index (χ2n) is 2.53. The van der Waals surface area contributed by atoms with Gasteiger partial charge < -0.3 is 0 Å². The summed E-state index contributed by atoms with van der Waals surface area (Å²) in [7, 11) is 0. The van der Waals surface area contributed by atoms with E-state index in [0.29, 0.717) is 16.5 Å². The largest absolute Gasteiger partial charge is 0.233 e. The predicted octanol–water partition coefficient (Wildman–Crippen LogP) is 1.98. The molecule has 0 saturated heterocycles. The van der Waals surface area contributed by atoms with Crippen LogP contribution in [-0.4, -0.2) is 20.9 Å². The van der Waals surface area contributed by atoms with Crippen LogP contribution in [-0.2, 0) is 0 Å². The summed E-state index contributed by atoms with van der Waals surface area (Å²) in [5.41, 5.74) is 1.05. The molecule has 2 heterocycles. The highest BCUT2D eigenvalue weighted by Crippen LogP contribution is 2.23. The number of thioether (sulfide) groups is 1. The van der Waals surface area contributed by atoms with E-state index < -0.39 is 0 Å². The third-order valence-electron chi connectivity index (χ3n) is 1.74. The van der Waals surface area contributed by atoms with Crippen molar-refractivity contribution < 1.29 is 0 Å². The first-order valence-corrected chi connectivity index (χ1v) is 5.35. The van der Waals surface area contributed by atoms with Crippen LogP contribution in [0.25, 0.3) is 5.65 Å². The van der Waals surface area contributed by atoms with Crippen molar-refractivity contribution in [2.24, 2.45) is 0 Å². The molecule has 0 fully saturated rings. The second-order valence-corrected chi connectivity index (χ2v) is 3.76. The Bertz CT molecular complexity index is 528. The molecular formula is C8H5ClN4S. The molecule has 2 rings (SSSR count). The van der Waals surface area contributed by atoms with Gasteiger partial charge >= 0.3 is 0 Å². The first-order valence-electron chi connectivity index (χ1n) is 3.74. The molecule has 14 heavy (non-hydrogen) atoms. The van der Waals surface area contributed by atoms with Crippen LogP contribution in [0, 0.1) is 11.3 Å². The van der Waals surface area contributed by atoms with Crippen LogP contribution >= 0.6 is 23.4 Å². The molecule has 0 saturated carbocycles. The van der Waals surface area contributed by atoms with Gasteiger partial charge in [0.15, 0.2) is 16.5 Å². The Morgan fingerprint density at radius 1 is 1.64 bits per heavy atom. The lowest BCUT2D eigenvalue weighted by Gasteiger charge is -2.00. The van der Waals surface area contributed by atoms with E-state index in [1.165, 1.54) is 22.5 Å². The summed E-state index contributed by atoms with van der Waals surface area (Å²) < 4.78 is 1.45. The summed E-state index contributed by atoms with van der Waals surface area (Å²) in [6.45, 7) is 0. The fraction of sp³-hybridized carbons (Fsp3) is 0.125. The molecule has 0 aliphatic carbocycles. The molecule has 0 unspecified atom stereocenters. The molecule has 0 amide bonds. The van der Waals surface area contributed by atoms with Crippen LogP contribution in [0.1, 0.15) is 5.69 Å². The van der Waals surface area contributed by atoms with Gasteiger partial charge in [-0.05, 0) is 12.3 Å². The minimum atomic E-state index is 0.358. The second kappa shape index (κ2) is 3.48. The lowest BCUT2D eigenvalue weighted by molar-refractivity contribution is 0.904. The first kappa shape index (κ1) is 9.31. The molecule has 0 spiro atoms. The zero-order valence-electron chi connectivity index (χ0n) is 7.23. The van der Waals surface area contributed by atoms with E-state index in [2.05, 4.69) is 10.1 Å². The highest BCUT2D eigenvalue weighted by Gasteiger charge is 2.09. The maximum atomic E-state index is 8.78. The van der Waals surface area contributed by atoms with Gasteiger partial charge in [-0.3, -0.25) is 0 Å². The van der Waals surface area contributed by atoms with Gasteiger partial charge in [0, 0.05) is 0 Å². The number of aromatic nitrogens is 3. The molecule has 0 aromatic carbocycles. The molecule has 2 aromatic heterocycles. The standard InChI is InChI=1S/C8H5ClN4S/c1-14-6-2-7(9)12-13-5(3-10)4-11-8(6)13/h2,4H,1H3.